The molecule has 0 nitrogen and oxygen atoms in total. The van der Waals surface area contributed by atoms with Gasteiger partial charge in [0.05, 0.1) is 0 Å². The summed E-state index contributed by atoms with van der Waals surface area (Å²) in [5.74, 6) is 0. The van der Waals surface area contributed by atoms with Crippen LogP contribution in [0.3, 0.4) is 0 Å². The van der Waals surface area contributed by atoms with Crippen LogP contribution in [0.5, 0.6) is 0 Å². The molecule has 0 saturated heterocycles. The minimum Gasteiger partial charge on any atom is -1.00 e. The summed E-state index contributed by atoms with van der Waals surface area (Å²) in [5.41, 5.74) is 3.40. The van der Waals surface area contributed by atoms with Gasteiger partial charge in [-0.3, -0.25) is 0 Å². The first kappa shape index (κ1) is 21.4. The Morgan fingerprint density at radius 3 is 1.43 bits per heavy atom. The molecule has 116 valence electrons. The molecular formula is C18H26Cl2Zr. The molecule has 0 fully saturated rings. The maximum absolute atomic E-state index is 2.54. The van der Waals surface area contributed by atoms with Crippen molar-refractivity contribution in [2.75, 3.05) is 0 Å². The largest absolute Gasteiger partial charge is 1.00 e. The fraction of sp³-hybridized carbons (Fsp3) is 0.556. The van der Waals surface area contributed by atoms with Gasteiger partial charge in [0, 0.05) is 0 Å². The fourth-order valence-corrected chi connectivity index (χ4v) is 9.32. The van der Waals surface area contributed by atoms with Crippen molar-refractivity contribution in [3.05, 3.63) is 47.6 Å². The molecule has 0 aromatic rings. The molecule has 0 bridgehead atoms. The van der Waals surface area contributed by atoms with Crippen LogP contribution in [0.4, 0.5) is 0 Å². The summed E-state index contributed by atoms with van der Waals surface area (Å²) in [4.78, 5) is 0. The van der Waals surface area contributed by atoms with Gasteiger partial charge < -0.3 is 24.8 Å². The molecule has 0 radical (unpaired) electrons. The van der Waals surface area contributed by atoms with Gasteiger partial charge in [-0.1, -0.05) is 0 Å². The molecule has 0 spiro atoms. The average Bonchev–Trinajstić information content (AvgIpc) is 3.03. The van der Waals surface area contributed by atoms with Gasteiger partial charge in [-0.05, 0) is 0 Å². The number of halogens is 2. The van der Waals surface area contributed by atoms with Crippen LogP contribution in [-0.2, 0) is 23.2 Å². The first-order valence-corrected chi connectivity index (χ1v) is 10.2. The maximum atomic E-state index is 2.54. The van der Waals surface area contributed by atoms with Gasteiger partial charge in [0.15, 0.2) is 0 Å². The third kappa shape index (κ3) is 3.85. The van der Waals surface area contributed by atoms with Crippen LogP contribution in [0.15, 0.2) is 47.6 Å². The molecule has 0 aliphatic heterocycles. The SMILES string of the molecule is CCC1=CC=C[C]1(CC)[Zr+2][C]1(CC)C=CC=C1CC.[Cl-].[Cl-]. The Bertz CT molecular complexity index is 420. The molecule has 2 atom stereocenters. The molecule has 0 amide bonds. The molecule has 3 heteroatoms. The zero-order chi connectivity index (χ0) is 13.9. The minimum absolute atomic E-state index is 0. The van der Waals surface area contributed by atoms with Crippen molar-refractivity contribution < 1.29 is 48.0 Å². The molecule has 0 N–H and O–H groups in total. The Morgan fingerprint density at radius 1 is 0.762 bits per heavy atom. The molecule has 21 heavy (non-hydrogen) atoms. The molecule has 2 aliphatic carbocycles. The smallest absolute Gasteiger partial charge is 1.00 e. The van der Waals surface area contributed by atoms with E-state index in [1.165, 1.54) is 25.7 Å². The van der Waals surface area contributed by atoms with Crippen molar-refractivity contribution in [3.63, 3.8) is 0 Å². The van der Waals surface area contributed by atoms with E-state index in [1.54, 1.807) is 11.1 Å². The Labute approximate surface area is 154 Å². The summed E-state index contributed by atoms with van der Waals surface area (Å²) >= 11 is -0.618. The van der Waals surface area contributed by atoms with E-state index in [-0.39, 0.29) is 24.8 Å². The van der Waals surface area contributed by atoms with Crippen LogP contribution in [0.2, 0.25) is 6.25 Å². The van der Waals surface area contributed by atoms with Gasteiger partial charge in [-0.15, -0.1) is 0 Å². The van der Waals surface area contributed by atoms with E-state index in [9.17, 15) is 0 Å². The molecule has 2 aliphatic rings. The average molecular weight is 405 g/mol. The van der Waals surface area contributed by atoms with Crippen LogP contribution in [0.1, 0.15) is 53.4 Å². The zero-order valence-electron chi connectivity index (χ0n) is 13.5. The fourth-order valence-electron chi connectivity index (χ4n) is 3.54. The Morgan fingerprint density at radius 2 is 1.14 bits per heavy atom. The second-order valence-corrected chi connectivity index (χ2v) is 10.6. The molecule has 2 unspecified atom stereocenters. The third-order valence-corrected chi connectivity index (χ3v) is 11.2. The molecule has 0 aromatic carbocycles. The van der Waals surface area contributed by atoms with E-state index in [1.807, 2.05) is 0 Å². The topological polar surface area (TPSA) is 0 Å². The van der Waals surface area contributed by atoms with Gasteiger partial charge in [0.25, 0.3) is 0 Å². The second kappa shape index (κ2) is 8.90. The quantitative estimate of drug-likeness (QED) is 0.586. The normalized spacial score (nSPS) is 29.3. The number of allylic oxidation sites excluding steroid dienone is 8. The van der Waals surface area contributed by atoms with Crippen LogP contribution in [0.25, 0.3) is 0 Å². The monoisotopic (exact) mass is 402 g/mol. The molecular weight excluding hydrogens is 378 g/mol. The second-order valence-electron chi connectivity index (χ2n) is 5.58. The molecule has 0 heterocycles. The van der Waals surface area contributed by atoms with Crippen molar-refractivity contribution in [1.82, 2.24) is 0 Å². The number of hydrogen-bond acceptors (Lipinski definition) is 0. The van der Waals surface area contributed by atoms with Crippen molar-refractivity contribution in [3.8, 4) is 0 Å². The summed E-state index contributed by atoms with van der Waals surface area (Å²) < 4.78 is 0.939. The Kier molecular flexibility index (Phi) is 9.08. The molecule has 0 saturated carbocycles. The predicted octanol–water partition coefficient (Wildman–Crippen LogP) is 0.0267. The summed E-state index contributed by atoms with van der Waals surface area (Å²) in [7, 11) is 0. The van der Waals surface area contributed by atoms with E-state index in [4.69, 9.17) is 0 Å². The standard InChI is InChI=1S/2C9H13.2ClH.Zr/c2*1-3-8-6-5-7-9(8)4-2;;;/h2*5-7H,3-4H2,1-2H3;2*1H;/q;;;;+2/p-2. The summed E-state index contributed by atoms with van der Waals surface area (Å²) in [6.45, 7) is 9.42. The van der Waals surface area contributed by atoms with Crippen molar-refractivity contribution >= 4 is 0 Å². The van der Waals surface area contributed by atoms with Crippen LogP contribution >= 0.6 is 0 Å². The van der Waals surface area contributed by atoms with E-state index >= 15 is 0 Å². The van der Waals surface area contributed by atoms with E-state index < -0.39 is 23.2 Å². The van der Waals surface area contributed by atoms with Crippen LogP contribution < -0.4 is 24.8 Å². The van der Waals surface area contributed by atoms with Crippen LogP contribution in [0, 0.1) is 0 Å². The van der Waals surface area contributed by atoms with Crippen molar-refractivity contribution in [2.24, 2.45) is 0 Å². The van der Waals surface area contributed by atoms with E-state index in [0.29, 0.717) is 6.25 Å². The third-order valence-electron chi connectivity index (χ3n) is 4.83. The van der Waals surface area contributed by atoms with Crippen LogP contribution in [-0.4, -0.2) is 0 Å². The van der Waals surface area contributed by atoms with Gasteiger partial charge in [0.1, 0.15) is 0 Å². The van der Waals surface area contributed by atoms with Crippen molar-refractivity contribution in [1.29, 1.82) is 0 Å². The van der Waals surface area contributed by atoms with Crippen molar-refractivity contribution in [2.45, 2.75) is 59.6 Å². The Hall–Kier alpha value is 0.423. The van der Waals surface area contributed by atoms with Gasteiger partial charge in [-0.25, -0.2) is 0 Å². The van der Waals surface area contributed by atoms with Gasteiger partial charge >= 0.3 is 130 Å². The summed E-state index contributed by atoms with van der Waals surface area (Å²) in [6.07, 6.45) is 19.5. The zero-order valence-corrected chi connectivity index (χ0v) is 17.5. The predicted molar refractivity (Wildman–Crippen MR) is 81.0 cm³/mol. The van der Waals surface area contributed by atoms with E-state index in [2.05, 4.69) is 64.2 Å². The summed E-state index contributed by atoms with van der Waals surface area (Å²) in [5, 5.41) is 0. The Balaban J connectivity index is 0.00000200. The minimum atomic E-state index is -0.618. The van der Waals surface area contributed by atoms with Gasteiger partial charge in [-0.2, -0.15) is 0 Å². The number of hydrogen-bond donors (Lipinski definition) is 0. The van der Waals surface area contributed by atoms with E-state index in [0.717, 1.165) is 0 Å². The summed E-state index contributed by atoms with van der Waals surface area (Å²) in [6, 6.07) is 0. The number of rotatable bonds is 6. The van der Waals surface area contributed by atoms with Gasteiger partial charge in [0.2, 0.25) is 0 Å². The molecule has 2 rings (SSSR count). The maximum Gasteiger partial charge on any atom is -1.00 e. The molecule has 0 aromatic heterocycles. The first-order valence-electron chi connectivity index (χ1n) is 7.73. The first-order chi connectivity index (χ1) is 9.16.